The second-order valence-electron chi connectivity index (χ2n) is 6.82. The second kappa shape index (κ2) is 6.71. The Hall–Kier alpha value is -0.880. The number of sulfonamides is 1. The van der Waals surface area contributed by atoms with Crippen molar-refractivity contribution in [2.75, 3.05) is 12.3 Å². The zero-order chi connectivity index (χ0) is 15.6. The minimum atomic E-state index is -3.13. The number of nitrogens with zero attached hydrogens (tertiary/aromatic N) is 3. The van der Waals surface area contributed by atoms with E-state index in [1.54, 1.807) is 10.5 Å². The Kier molecular flexibility index (Phi) is 4.88. The molecule has 0 unspecified atom stereocenters. The highest BCUT2D eigenvalue weighted by molar-refractivity contribution is 7.89. The van der Waals surface area contributed by atoms with Crippen LogP contribution in [0.4, 0.5) is 0 Å². The van der Waals surface area contributed by atoms with E-state index in [0.29, 0.717) is 18.2 Å². The van der Waals surface area contributed by atoms with Crippen molar-refractivity contribution in [3.8, 4) is 0 Å². The lowest BCUT2D eigenvalue weighted by Crippen LogP contribution is -2.41. The molecular formula is C16H27N3O2S. The molecule has 0 N–H and O–H groups in total. The summed E-state index contributed by atoms with van der Waals surface area (Å²) in [6.07, 6.45) is 11.5. The quantitative estimate of drug-likeness (QED) is 0.836. The van der Waals surface area contributed by atoms with Crippen LogP contribution in [0, 0.1) is 12.8 Å². The molecule has 5 nitrogen and oxygen atoms in total. The van der Waals surface area contributed by atoms with Gasteiger partial charge in [0.1, 0.15) is 5.82 Å². The maximum absolute atomic E-state index is 12.8. The summed E-state index contributed by atoms with van der Waals surface area (Å²) in [5.74, 6) is 1.68. The minimum Gasteiger partial charge on any atom is -0.334 e. The Labute approximate surface area is 133 Å². The molecular weight excluding hydrogens is 298 g/mol. The van der Waals surface area contributed by atoms with E-state index in [1.807, 2.05) is 13.1 Å². The first kappa shape index (κ1) is 16.0. The zero-order valence-electron chi connectivity index (χ0n) is 13.4. The molecule has 2 heterocycles. The normalized spacial score (nSPS) is 24.9. The minimum absolute atomic E-state index is 0.0986. The summed E-state index contributed by atoms with van der Waals surface area (Å²) in [4.78, 5) is 4.23. The van der Waals surface area contributed by atoms with Crippen molar-refractivity contribution in [2.24, 2.45) is 5.92 Å². The van der Waals surface area contributed by atoms with Gasteiger partial charge in [0.25, 0.3) is 0 Å². The van der Waals surface area contributed by atoms with Gasteiger partial charge in [0.2, 0.25) is 10.0 Å². The highest BCUT2D eigenvalue weighted by Crippen LogP contribution is 2.29. The molecule has 3 rings (SSSR count). The van der Waals surface area contributed by atoms with E-state index >= 15 is 0 Å². The van der Waals surface area contributed by atoms with E-state index in [4.69, 9.17) is 0 Å². The van der Waals surface area contributed by atoms with E-state index in [0.717, 1.165) is 38.1 Å². The Balaban J connectivity index is 1.67. The third-order valence-electron chi connectivity index (χ3n) is 5.18. The fraction of sp³-hybridized carbons (Fsp3) is 0.812. The van der Waals surface area contributed by atoms with Gasteiger partial charge in [-0.3, -0.25) is 0 Å². The molecule has 1 saturated heterocycles. The first-order valence-corrected chi connectivity index (χ1v) is 10.1. The van der Waals surface area contributed by atoms with E-state index in [9.17, 15) is 8.42 Å². The number of hydrogen-bond acceptors (Lipinski definition) is 3. The lowest BCUT2D eigenvalue weighted by atomic mass is 9.91. The largest absolute Gasteiger partial charge is 0.334 e. The van der Waals surface area contributed by atoms with Crippen LogP contribution in [-0.4, -0.2) is 40.6 Å². The molecule has 124 valence electrons. The van der Waals surface area contributed by atoms with Gasteiger partial charge in [-0.25, -0.2) is 13.4 Å². The van der Waals surface area contributed by atoms with Crippen LogP contribution in [0.3, 0.4) is 0 Å². The molecule has 1 saturated carbocycles. The number of aryl methyl sites for hydroxylation is 1. The SMILES string of the molecule is Cc1nccn1C[C@H]1CCCN1S(=O)(=O)CC1CCCCC1. The van der Waals surface area contributed by atoms with Crippen LogP contribution < -0.4 is 0 Å². The topological polar surface area (TPSA) is 55.2 Å². The van der Waals surface area contributed by atoms with Crippen LogP contribution in [0.15, 0.2) is 12.4 Å². The fourth-order valence-corrected chi connectivity index (χ4v) is 6.08. The van der Waals surface area contributed by atoms with Gasteiger partial charge in [-0.1, -0.05) is 19.3 Å². The predicted molar refractivity (Wildman–Crippen MR) is 87.1 cm³/mol. The zero-order valence-corrected chi connectivity index (χ0v) is 14.3. The lowest BCUT2D eigenvalue weighted by molar-refractivity contribution is 0.335. The van der Waals surface area contributed by atoms with Gasteiger partial charge in [-0.15, -0.1) is 0 Å². The van der Waals surface area contributed by atoms with Gasteiger partial charge in [0, 0.05) is 31.5 Å². The molecule has 6 heteroatoms. The van der Waals surface area contributed by atoms with Gasteiger partial charge in [-0.05, 0) is 38.5 Å². The van der Waals surface area contributed by atoms with Crippen LogP contribution in [-0.2, 0) is 16.6 Å². The summed E-state index contributed by atoms with van der Waals surface area (Å²) in [5, 5.41) is 0. The summed E-state index contributed by atoms with van der Waals surface area (Å²) in [6, 6.07) is 0.0986. The molecule has 2 aliphatic rings. The third kappa shape index (κ3) is 3.54. The summed E-state index contributed by atoms with van der Waals surface area (Å²) in [7, 11) is -3.13. The van der Waals surface area contributed by atoms with Crippen molar-refractivity contribution in [1.29, 1.82) is 0 Å². The smallest absolute Gasteiger partial charge is 0.214 e. The molecule has 2 fully saturated rings. The average molecular weight is 325 g/mol. The van der Waals surface area contributed by atoms with Crippen molar-refractivity contribution < 1.29 is 8.42 Å². The summed E-state index contributed by atoms with van der Waals surface area (Å²) >= 11 is 0. The maximum Gasteiger partial charge on any atom is 0.214 e. The molecule has 0 amide bonds. The second-order valence-corrected chi connectivity index (χ2v) is 8.78. The van der Waals surface area contributed by atoms with E-state index in [2.05, 4.69) is 9.55 Å². The van der Waals surface area contributed by atoms with Crippen molar-refractivity contribution >= 4 is 10.0 Å². The fourth-order valence-electron chi connectivity index (χ4n) is 3.93. The van der Waals surface area contributed by atoms with Gasteiger partial charge in [0.15, 0.2) is 0 Å². The Bertz CT molecular complexity index is 590. The van der Waals surface area contributed by atoms with Crippen molar-refractivity contribution in [3.05, 3.63) is 18.2 Å². The monoisotopic (exact) mass is 325 g/mol. The summed E-state index contributed by atoms with van der Waals surface area (Å²) < 4.78 is 29.5. The highest BCUT2D eigenvalue weighted by atomic mass is 32.2. The van der Waals surface area contributed by atoms with Crippen LogP contribution in [0.25, 0.3) is 0 Å². The summed E-state index contributed by atoms with van der Waals surface area (Å²) in [5.41, 5.74) is 0. The van der Waals surface area contributed by atoms with Crippen LogP contribution in [0.1, 0.15) is 50.8 Å². The summed E-state index contributed by atoms with van der Waals surface area (Å²) in [6.45, 7) is 3.39. The molecule has 1 aliphatic heterocycles. The van der Waals surface area contributed by atoms with Crippen molar-refractivity contribution in [1.82, 2.24) is 13.9 Å². The van der Waals surface area contributed by atoms with Gasteiger partial charge < -0.3 is 4.57 Å². The van der Waals surface area contributed by atoms with E-state index < -0.39 is 10.0 Å². The molecule has 0 bridgehead atoms. The first-order chi connectivity index (χ1) is 10.6. The van der Waals surface area contributed by atoms with Gasteiger partial charge in [0.05, 0.1) is 5.75 Å². The Morgan fingerprint density at radius 1 is 1.18 bits per heavy atom. The Morgan fingerprint density at radius 3 is 2.64 bits per heavy atom. The van der Waals surface area contributed by atoms with Crippen LogP contribution >= 0.6 is 0 Å². The van der Waals surface area contributed by atoms with E-state index in [1.165, 1.54) is 19.3 Å². The highest BCUT2D eigenvalue weighted by Gasteiger charge is 2.35. The lowest BCUT2D eigenvalue weighted by Gasteiger charge is -2.28. The van der Waals surface area contributed by atoms with Gasteiger partial charge in [-0.2, -0.15) is 4.31 Å². The molecule has 22 heavy (non-hydrogen) atoms. The number of hydrogen-bond donors (Lipinski definition) is 0. The van der Waals surface area contributed by atoms with Crippen LogP contribution in [0.2, 0.25) is 0 Å². The maximum atomic E-state index is 12.8. The first-order valence-electron chi connectivity index (χ1n) is 8.53. The molecule has 1 aromatic heterocycles. The van der Waals surface area contributed by atoms with Gasteiger partial charge >= 0.3 is 0 Å². The molecule has 0 aromatic carbocycles. The molecule has 1 atom stereocenters. The van der Waals surface area contributed by atoms with Crippen molar-refractivity contribution in [2.45, 2.75) is 64.5 Å². The van der Waals surface area contributed by atoms with Crippen molar-refractivity contribution in [3.63, 3.8) is 0 Å². The standard InChI is InChI=1S/C16H27N3O2S/c1-14-17-9-11-18(14)12-16-8-5-10-19(16)22(20,21)13-15-6-3-2-4-7-15/h9,11,15-16H,2-8,10,12-13H2,1H3/t16-/m1/s1. The molecule has 0 spiro atoms. The predicted octanol–water partition coefficient (Wildman–Crippen LogP) is 2.57. The molecule has 0 radical (unpaired) electrons. The number of aromatic nitrogens is 2. The molecule has 1 aliphatic carbocycles. The molecule has 1 aromatic rings. The van der Waals surface area contributed by atoms with Crippen LogP contribution in [0.5, 0.6) is 0 Å². The third-order valence-corrected chi connectivity index (χ3v) is 7.27. The number of imidazole rings is 1. The Morgan fingerprint density at radius 2 is 1.95 bits per heavy atom. The van der Waals surface area contributed by atoms with E-state index in [-0.39, 0.29) is 6.04 Å². The average Bonchev–Trinajstić information content (AvgIpc) is 3.10. The number of rotatable bonds is 5.